The highest BCUT2D eigenvalue weighted by atomic mass is 35.5. The van der Waals surface area contributed by atoms with Gasteiger partial charge >= 0.3 is 0 Å². The van der Waals surface area contributed by atoms with E-state index < -0.39 is 5.60 Å². The molecule has 2 heterocycles. The third-order valence-corrected chi connectivity index (χ3v) is 5.41. The van der Waals surface area contributed by atoms with Gasteiger partial charge in [-0.15, -0.1) is 0 Å². The Balaban J connectivity index is 1.89. The van der Waals surface area contributed by atoms with Crippen molar-refractivity contribution in [3.8, 4) is 11.3 Å². The lowest BCUT2D eigenvalue weighted by molar-refractivity contribution is -0.139. The Morgan fingerprint density at radius 3 is 2.73 bits per heavy atom. The number of halogens is 1. The molecule has 0 unspecified atom stereocenters. The van der Waals surface area contributed by atoms with Crippen molar-refractivity contribution in [2.24, 2.45) is 0 Å². The van der Waals surface area contributed by atoms with Crippen LogP contribution in [-0.4, -0.2) is 21.2 Å². The Morgan fingerprint density at radius 1 is 1.31 bits per heavy atom. The second-order valence-corrected chi connectivity index (χ2v) is 7.82. The summed E-state index contributed by atoms with van der Waals surface area (Å²) in [4.78, 5) is 11.7. The molecule has 0 saturated carbocycles. The first-order chi connectivity index (χ1) is 12.4. The summed E-state index contributed by atoms with van der Waals surface area (Å²) in [6, 6.07) is 11.8. The van der Waals surface area contributed by atoms with Gasteiger partial charge in [0.05, 0.1) is 24.5 Å². The first kappa shape index (κ1) is 18.8. The van der Waals surface area contributed by atoms with Crippen LogP contribution in [0.3, 0.4) is 0 Å². The number of benzene rings is 1. The van der Waals surface area contributed by atoms with Crippen molar-refractivity contribution >= 4 is 28.7 Å². The number of ketones is 1. The van der Waals surface area contributed by atoms with Gasteiger partial charge in [0.15, 0.2) is 5.78 Å². The van der Waals surface area contributed by atoms with Crippen molar-refractivity contribution < 1.29 is 9.53 Å². The summed E-state index contributed by atoms with van der Waals surface area (Å²) in [5, 5.41) is 9.54. The van der Waals surface area contributed by atoms with E-state index in [0.29, 0.717) is 6.54 Å². The van der Waals surface area contributed by atoms with Crippen LogP contribution in [0.4, 0.5) is 0 Å². The van der Waals surface area contributed by atoms with Crippen molar-refractivity contribution in [3.05, 3.63) is 63.4 Å². The largest absolute Gasteiger partial charge is 0.361 e. The van der Waals surface area contributed by atoms with Gasteiger partial charge in [0.2, 0.25) is 0 Å². The van der Waals surface area contributed by atoms with Crippen LogP contribution in [0.2, 0.25) is 5.02 Å². The van der Waals surface area contributed by atoms with E-state index >= 15 is 0 Å². The van der Waals surface area contributed by atoms with Gasteiger partial charge in [0.1, 0.15) is 5.60 Å². The van der Waals surface area contributed by atoms with E-state index in [1.165, 1.54) is 6.92 Å². The van der Waals surface area contributed by atoms with Crippen molar-refractivity contribution in [3.63, 3.8) is 0 Å². The molecule has 0 aliphatic rings. The maximum absolute atomic E-state index is 11.7. The lowest BCUT2D eigenvalue weighted by atomic mass is 10.1. The first-order valence-electron chi connectivity index (χ1n) is 8.34. The molecule has 0 spiro atoms. The van der Waals surface area contributed by atoms with Crippen molar-refractivity contribution in [2.75, 3.05) is 0 Å². The highest BCUT2D eigenvalue weighted by molar-refractivity contribution is 7.08. The summed E-state index contributed by atoms with van der Waals surface area (Å²) in [5.41, 5.74) is 3.07. The van der Waals surface area contributed by atoms with Crippen LogP contribution in [0.5, 0.6) is 0 Å². The first-order valence-corrected chi connectivity index (χ1v) is 9.66. The molecule has 6 heteroatoms. The molecule has 2 aromatic heterocycles. The van der Waals surface area contributed by atoms with Crippen LogP contribution in [0.25, 0.3) is 11.3 Å². The Labute approximate surface area is 162 Å². The normalized spacial score (nSPS) is 11.7. The predicted octanol–water partition coefficient (Wildman–Crippen LogP) is 5.20. The number of Topliss-reactive ketones (excluding diaryl/α,β-unsaturated/α-hetero) is 1. The van der Waals surface area contributed by atoms with Crippen LogP contribution in [0.1, 0.15) is 32.0 Å². The summed E-state index contributed by atoms with van der Waals surface area (Å²) in [6.45, 7) is 5.93. The van der Waals surface area contributed by atoms with E-state index in [9.17, 15) is 4.79 Å². The van der Waals surface area contributed by atoms with Crippen LogP contribution in [0, 0.1) is 0 Å². The Morgan fingerprint density at radius 2 is 2.08 bits per heavy atom. The molecular formula is C20H21ClN2O2S. The number of hydrogen-bond donors (Lipinski definition) is 0. The zero-order chi connectivity index (χ0) is 18.7. The van der Waals surface area contributed by atoms with Gasteiger partial charge in [-0.1, -0.05) is 29.8 Å². The second kappa shape index (κ2) is 7.74. The average Bonchev–Trinajstić information content (AvgIpc) is 3.24. The number of thiophene rings is 1. The number of ether oxygens (including phenoxy) is 1. The van der Waals surface area contributed by atoms with Crippen molar-refractivity contribution in [1.29, 1.82) is 0 Å². The van der Waals surface area contributed by atoms with Crippen LogP contribution >= 0.6 is 22.9 Å². The number of rotatable bonds is 7. The van der Waals surface area contributed by atoms with E-state index in [2.05, 4.69) is 11.4 Å². The summed E-state index contributed by atoms with van der Waals surface area (Å²) in [5.74, 6) is -0.00828. The molecule has 26 heavy (non-hydrogen) atoms. The molecule has 0 bridgehead atoms. The lowest BCUT2D eigenvalue weighted by Crippen LogP contribution is -2.32. The molecular weight excluding hydrogens is 368 g/mol. The van der Waals surface area contributed by atoms with Gasteiger partial charge in [-0.05, 0) is 49.9 Å². The summed E-state index contributed by atoms with van der Waals surface area (Å²) in [7, 11) is 0. The van der Waals surface area contributed by atoms with Crippen molar-refractivity contribution in [2.45, 2.75) is 39.5 Å². The van der Waals surface area contributed by atoms with Crippen LogP contribution < -0.4 is 0 Å². The maximum atomic E-state index is 11.7. The van der Waals surface area contributed by atoms with Gasteiger partial charge in [0.25, 0.3) is 0 Å². The van der Waals surface area contributed by atoms with E-state index in [1.807, 2.05) is 40.4 Å². The fraction of sp³-hybridized carbons (Fsp3) is 0.300. The zero-order valence-electron chi connectivity index (χ0n) is 15.0. The maximum Gasteiger partial charge on any atom is 0.161 e. The fourth-order valence-electron chi connectivity index (χ4n) is 2.45. The molecule has 0 fully saturated rings. The Bertz CT molecular complexity index is 900. The molecule has 0 aliphatic heterocycles. The summed E-state index contributed by atoms with van der Waals surface area (Å²) < 4.78 is 7.72. The molecule has 0 atom stereocenters. The minimum atomic E-state index is -0.824. The third-order valence-electron chi connectivity index (χ3n) is 4.35. The van der Waals surface area contributed by atoms with Gasteiger partial charge in [-0.2, -0.15) is 16.4 Å². The smallest absolute Gasteiger partial charge is 0.161 e. The minimum absolute atomic E-state index is 0.00828. The molecule has 4 nitrogen and oxygen atoms in total. The van der Waals surface area contributed by atoms with E-state index in [0.717, 1.165) is 27.5 Å². The van der Waals surface area contributed by atoms with E-state index in [4.69, 9.17) is 21.4 Å². The van der Waals surface area contributed by atoms with E-state index in [1.54, 1.807) is 25.2 Å². The fourth-order valence-corrected chi connectivity index (χ4v) is 3.29. The monoisotopic (exact) mass is 388 g/mol. The third kappa shape index (κ3) is 4.23. The predicted molar refractivity (Wildman–Crippen MR) is 106 cm³/mol. The zero-order valence-corrected chi connectivity index (χ0v) is 16.6. The molecule has 0 N–H and O–H groups in total. The molecule has 136 valence electrons. The SMILES string of the molecule is CC(=O)C(C)(C)OCc1cc(-c2ccsc2)n(Cc2ccccc2Cl)n1. The van der Waals surface area contributed by atoms with Gasteiger partial charge in [-0.3, -0.25) is 9.48 Å². The second-order valence-electron chi connectivity index (χ2n) is 6.64. The highest BCUT2D eigenvalue weighted by Crippen LogP contribution is 2.26. The minimum Gasteiger partial charge on any atom is -0.361 e. The van der Waals surface area contributed by atoms with E-state index in [-0.39, 0.29) is 12.4 Å². The molecule has 0 amide bonds. The Kier molecular flexibility index (Phi) is 5.61. The van der Waals surface area contributed by atoms with Gasteiger partial charge in [0, 0.05) is 16.0 Å². The van der Waals surface area contributed by atoms with Crippen molar-refractivity contribution in [1.82, 2.24) is 9.78 Å². The topological polar surface area (TPSA) is 44.1 Å². The van der Waals surface area contributed by atoms with Gasteiger partial charge in [-0.25, -0.2) is 0 Å². The lowest BCUT2D eigenvalue weighted by Gasteiger charge is -2.21. The standard InChI is InChI=1S/C20H21ClN2O2S/c1-14(24)20(2,3)25-12-17-10-19(16-8-9-26-13-16)23(22-17)11-15-6-4-5-7-18(15)21/h4-10,13H,11-12H2,1-3H3. The number of nitrogens with zero attached hydrogens (tertiary/aromatic N) is 2. The Hall–Kier alpha value is -1.95. The number of hydrogen-bond acceptors (Lipinski definition) is 4. The number of carbonyl (C=O) groups excluding carboxylic acids is 1. The molecule has 0 aliphatic carbocycles. The molecule has 3 aromatic rings. The molecule has 1 aromatic carbocycles. The number of carbonyl (C=O) groups is 1. The number of aromatic nitrogens is 2. The quantitative estimate of drug-likeness (QED) is 0.558. The summed E-state index contributed by atoms with van der Waals surface area (Å²) >= 11 is 7.95. The van der Waals surface area contributed by atoms with Crippen LogP contribution in [-0.2, 0) is 22.7 Å². The average molecular weight is 389 g/mol. The molecule has 0 radical (unpaired) electrons. The molecule has 3 rings (SSSR count). The van der Waals surface area contributed by atoms with Gasteiger partial charge < -0.3 is 4.74 Å². The summed E-state index contributed by atoms with van der Waals surface area (Å²) in [6.07, 6.45) is 0. The highest BCUT2D eigenvalue weighted by Gasteiger charge is 2.25. The van der Waals surface area contributed by atoms with Crippen LogP contribution in [0.15, 0.2) is 47.2 Å². The molecule has 0 saturated heterocycles.